The Balaban J connectivity index is 2.00. The lowest BCUT2D eigenvalue weighted by Gasteiger charge is -1.96. The minimum atomic E-state index is 0.0941. The van der Waals surface area contributed by atoms with Crippen LogP contribution in [0.15, 0.2) is 18.0 Å². The Kier molecular flexibility index (Phi) is 4.76. The van der Waals surface area contributed by atoms with Gasteiger partial charge < -0.3 is 0 Å². The molecule has 0 aliphatic heterocycles. The Morgan fingerprint density at radius 2 is 2.18 bits per heavy atom. The summed E-state index contributed by atoms with van der Waals surface area (Å²) >= 11 is 11.2. The van der Waals surface area contributed by atoms with Crippen LogP contribution in [0.5, 0.6) is 0 Å². The first-order valence-corrected chi connectivity index (χ1v) is 8.67. The molecule has 17 heavy (non-hydrogen) atoms. The number of Topliss-reactive ketones (excluding diaryl/α,β-unsaturated/α-hetero) is 1. The van der Waals surface area contributed by atoms with Gasteiger partial charge >= 0.3 is 0 Å². The van der Waals surface area contributed by atoms with Crippen LogP contribution in [0, 0.1) is 6.92 Å². The number of halogens is 2. The predicted octanol–water partition coefficient (Wildman–Crippen LogP) is 4.41. The van der Waals surface area contributed by atoms with Crippen molar-refractivity contribution in [2.75, 3.05) is 5.75 Å². The smallest absolute Gasteiger partial charge is 0.175 e. The minimum absolute atomic E-state index is 0.0941. The van der Waals surface area contributed by atoms with Crippen molar-refractivity contribution < 1.29 is 4.79 Å². The van der Waals surface area contributed by atoms with Gasteiger partial charge in [-0.2, -0.15) is 0 Å². The number of nitrogens with zero attached hydrogens (tertiary/aromatic N) is 2. The lowest BCUT2D eigenvalue weighted by atomic mass is 10.2. The Bertz CT molecular complexity index is 552. The molecular weight excluding hydrogens is 408 g/mol. The molecule has 3 nitrogen and oxygen atoms in total. The number of thiophene rings is 1. The molecule has 0 bridgehead atoms. The van der Waals surface area contributed by atoms with E-state index in [1.165, 1.54) is 34.4 Å². The molecule has 0 aliphatic carbocycles. The maximum absolute atomic E-state index is 12.0. The highest BCUT2D eigenvalue weighted by atomic mass is 79.9. The molecule has 0 atom stereocenters. The molecule has 0 unspecified atom stereocenters. The molecule has 0 amide bonds. The summed E-state index contributed by atoms with van der Waals surface area (Å²) < 4.78 is 2.65. The van der Waals surface area contributed by atoms with Gasteiger partial charge in [0.1, 0.15) is 5.01 Å². The van der Waals surface area contributed by atoms with E-state index in [1.807, 2.05) is 13.0 Å². The van der Waals surface area contributed by atoms with Crippen molar-refractivity contribution in [1.29, 1.82) is 0 Å². The van der Waals surface area contributed by atoms with Gasteiger partial charge in [0, 0.05) is 5.56 Å². The highest BCUT2D eigenvalue weighted by molar-refractivity contribution is 9.12. The van der Waals surface area contributed by atoms with Crippen LogP contribution in [0.2, 0.25) is 0 Å². The second-order valence-corrected chi connectivity index (χ2v) is 9.19. The Hall–Kier alpha value is 0.240. The largest absolute Gasteiger partial charge is 0.293 e. The van der Waals surface area contributed by atoms with Crippen molar-refractivity contribution in [3.05, 3.63) is 24.2 Å². The molecule has 8 heteroatoms. The van der Waals surface area contributed by atoms with Crippen LogP contribution in [0.4, 0.5) is 0 Å². The summed E-state index contributed by atoms with van der Waals surface area (Å²) in [5, 5.41) is 8.80. The molecule has 2 aromatic heterocycles. The van der Waals surface area contributed by atoms with Gasteiger partial charge in [-0.05, 0) is 44.8 Å². The molecule has 0 spiro atoms. The van der Waals surface area contributed by atoms with E-state index in [4.69, 9.17) is 0 Å². The number of hydrogen-bond donors (Lipinski definition) is 0. The second kappa shape index (κ2) is 5.92. The van der Waals surface area contributed by atoms with Crippen molar-refractivity contribution in [3.8, 4) is 0 Å². The third kappa shape index (κ3) is 3.60. The van der Waals surface area contributed by atoms with Gasteiger partial charge in [0.2, 0.25) is 0 Å². The summed E-state index contributed by atoms with van der Waals surface area (Å²) in [5.41, 5.74) is 0.718. The van der Waals surface area contributed by atoms with E-state index in [2.05, 4.69) is 42.1 Å². The molecule has 2 heterocycles. The predicted molar refractivity (Wildman–Crippen MR) is 79.4 cm³/mol. The first kappa shape index (κ1) is 13.7. The number of hydrogen-bond acceptors (Lipinski definition) is 6. The average Bonchev–Trinajstić information content (AvgIpc) is 2.81. The van der Waals surface area contributed by atoms with E-state index >= 15 is 0 Å². The van der Waals surface area contributed by atoms with Crippen molar-refractivity contribution in [3.63, 3.8) is 0 Å². The van der Waals surface area contributed by atoms with Crippen molar-refractivity contribution >= 4 is 72.1 Å². The number of aryl methyl sites for hydroxylation is 1. The first-order valence-electron chi connectivity index (χ1n) is 4.47. The third-order valence-electron chi connectivity index (χ3n) is 1.79. The Labute approximate surface area is 127 Å². The van der Waals surface area contributed by atoms with Crippen LogP contribution in [-0.2, 0) is 0 Å². The lowest BCUT2D eigenvalue weighted by Crippen LogP contribution is -2.01. The zero-order valence-corrected chi connectivity index (χ0v) is 14.2. The zero-order chi connectivity index (χ0) is 12.4. The average molecular weight is 414 g/mol. The van der Waals surface area contributed by atoms with Crippen LogP contribution in [0.3, 0.4) is 0 Å². The number of aromatic nitrogens is 2. The van der Waals surface area contributed by atoms with Crippen LogP contribution >= 0.6 is 66.3 Å². The van der Waals surface area contributed by atoms with E-state index < -0.39 is 0 Å². The first-order chi connectivity index (χ1) is 8.06. The summed E-state index contributed by atoms with van der Waals surface area (Å²) in [6.07, 6.45) is 0. The summed E-state index contributed by atoms with van der Waals surface area (Å²) in [4.78, 5) is 12.0. The maximum Gasteiger partial charge on any atom is 0.175 e. The van der Waals surface area contributed by atoms with Crippen LogP contribution in [0.25, 0.3) is 0 Å². The quantitative estimate of drug-likeness (QED) is 0.550. The number of thioether (sulfide) groups is 1. The Morgan fingerprint density at radius 1 is 1.41 bits per heavy atom. The van der Waals surface area contributed by atoms with Crippen molar-refractivity contribution in [2.45, 2.75) is 11.3 Å². The number of carbonyl (C=O) groups is 1. The molecule has 0 saturated heterocycles. The van der Waals surface area contributed by atoms with Gasteiger partial charge in [-0.15, -0.1) is 21.5 Å². The van der Waals surface area contributed by atoms with Crippen LogP contribution in [-0.4, -0.2) is 21.7 Å². The van der Waals surface area contributed by atoms with Gasteiger partial charge in [-0.25, -0.2) is 0 Å². The zero-order valence-electron chi connectivity index (χ0n) is 8.57. The molecule has 0 N–H and O–H groups in total. The summed E-state index contributed by atoms with van der Waals surface area (Å²) in [6, 6.07) is 1.84. The van der Waals surface area contributed by atoms with E-state index in [0.29, 0.717) is 5.75 Å². The van der Waals surface area contributed by atoms with Gasteiger partial charge in [0.15, 0.2) is 10.1 Å². The molecule has 0 aliphatic rings. The van der Waals surface area contributed by atoms with Crippen molar-refractivity contribution in [2.24, 2.45) is 0 Å². The summed E-state index contributed by atoms with van der Waals surface area (Å²) in [7, 11) is 0. The molecule has 2 aromatic rings. The van der Waals surface area contributed by atoms with Crippen LogP contribution in [0.1, 0.15) is 15.4 Å². The standard InChI is InChI=1S/C9H6Br2N2OS3/c1-4-12-13-9(16-4)15-3-6(14)5-2-7(10)17-8(5)11/h2H,3H2,1H3. The van der Waals surface area contributed by atoms with Crippen molar-refractivity contribution in [1.82, 2.24) is 10.2 Å². The highest BCUT2D eigenvalue weighted by Crippen LogP contribution is 2.33. The van der Waals surface area contributed by atoms with E-state index in [0.717, 1.165) is 22.5 Å². The SMILES string of the molecule is Cc1nnc(SCC(=O)c2cc(Br)sc2Br)s1. The maximum atomic E-state index is 12.0. The van der Waals surface area contributed by atoms with Gasteiger partial charge in [-0.1, -0.05) is 23.1 Å². The van der Waals surface area contributed by atoms with E-state index in [1.54, 1.807) is 0 Å². The fraction of sp³-hybridized carbons (Fsp3) is 0.222. The number of ketones is 1. The molecule has 0 aromatic carbocycles. The van der Waals surface area contributed by atoms with Gasteiger partial charge in [0.05, 0.1) is 13.3 Å². The summed E-state index contributed by atoms with van der Waals surface area (Å²) in [5.74, 6) is 0.479. The molecular formula is C9H6Br2N2OS3. The van der Waals surface area contributed by atoms with Crippen LogP contribution < -0.4 is 0 Å². The Morgan fingerprint density at radius 3 is 2.71 bits per heavy atom. The molecule has 0 saturated carbocycles. The monoisotopic (exact) mass is 412 g/mol. The molecule has 0 radical (unpaired) electrons. The molecule has 90 valence electrons. The lowest BCUT2D eigenvalue weighted by molar-refractivity contribution is 0.102. The molecule has 2 rings (SSSR count). The topological polar surface area (TPSA) is 42.9 Å². The van der Waals surface area contributed by atoms with Gasteiger partial charge in [0.25, 0.3) is 0 Å². The highest BCUT2D eigenvalue weighted by Gasteiger charge is 2.14. The normalized spacial score (nSPS) is 10.8. The second-order valence-electron chi connectivity index (χ2n) is 3.04. The fourth-order valence-electron chi connectivity index (χ4n) is 1.07. The summed E-state index contributed by atoms with van der Waals surface area (Å²) in [6.45, 7) is 1.90. The van der Waals surface area contributed by atoms with E-state index in [9.17, 15) is 4.79 Å². The number of rotatable bonds is 4. The fourth-order valence-corrected chi connectivity index (χ4v) is 5.63. The minimum Gasteiger partial charge on any atom is -0.293 e. The van der Waals surface area contributed by atoms with Gasteiger partial charge in [-0.3, -0.25) is 4.79 Å². The number of carbonyl (C=O) groups excluding carboxylic acids is 1. The van der Waals surface area contributed by atoms with E-state index in [-0.39, 0.29) is 5.78 Å². The molecule has 0 fully saturated rings. The third-order valence-corrected chi connectivity index (χ3v) is 6.10.